The topological polar surface area (TPSA) is 41.6 Å². The number of hydrogen-bond acceptors (Lipinski definition) is 3. The molecule has 0 spiro atoms. The van der Waals surface area contributed by atoms with Gasteiger partial charge in [0.15, 0.2) is 0 Å². The number of anilines is 1. The Kier molecular flexibility index (Phi) is 6.19. The number of nitrogens with one attached hydrogen (secondary N) is 1. The first-order valence-corrected chi connectivity index (χ1v) is 8.88. The van der Waals surface area contributed by atoms with Gasteiger partial charge in [0.2, 0.25) is 5.91 Å². The second kappa shape index (κ2) is 8.77. The van der Waals surface area contributed by atoms with Crippen LogP contribution in [0.5, 0.6) is 0 Å². The number of benzene rings is 2. The van der Waals surface area contributed by atoms with Crippen LogP contribution in [0.3, 0.4) is 0 Å². The quantitative estimate of drug-likeness (QED) is 0.814. The van der Waals surface area contributed by atoms with E-state index in [0.29, 0.717) is 37.4 Å². The largest absolute Gasteiger partial charge is 0.378 e. The fourth-order valence-electron chi connectivity index (χ4n) is 2.98. The number of amides is 1. The number of hydrogen-bond donors (Lipinski definition) is 1. The Hall–Kier alpha value is -2.73. The molecule has 6 heteroatoms. The van der Waals surface area contributed by atoms with Gasteiger partial charge in [-0.3, -0.25) is 4.79 Å². The van der Waals surface area contributed by atoms with Gasteiger partial charge in [-0.25, -0.2) is 8.78 Å². The van der Waals surface area contributed by atoms with Crippen LogP contribution in [0.2, 0.25) is 0 Å². The first kappa shape index (κ1) is 19.0. The smallest absolute Gasteiger partial charge is 0.244 e. The Morgan fingerprint density at radius 2 is 1.93 bits per heavy atom. The van der Waals surface area contributed by atoms with Crippen molar-refractivity contribution in [3.8, 4) is 0 Å². The van der Waals surface area contributed by atoms with Gasteiger partial charge in [-0.05, 0) is 54.5 Å². The van der Waals surface area contributed by atoms with E-state index in [4.69, 9.17) is 4.74 Å². The molecule has 0 aliphatic carbocycles. The number of rotatable bonds is 5. The molecule has 1 amide bonds. The van der Waals surface area contributed by atoms with Crippen molar-refractivity contribution in [1.82, 2.24) is 5.32 Å². The Morgan fingerprint density at radius 1 is 1.15 bits per heavy atom. The van der Waals surface area contributed by atoms with Crippen molar-refractivity contribution in [2.45, 2.75) is 13.0 Å². The summed E-state index contributed by atoms with van der Waals surface area (Å²) in [5.41, 5.74) is 2.06. The zero-order valence-electron chi connectivity index (χ0n) is 15.1. The fourth-order valence-corrected chi connectivity index (χ4v) is 2.98. The summed E-state index contributed by atoms with van der Waals surface area (Å²) in [6, 6.07) is 10.4. The summed E-state index contributed by atoms with van der Waals surface area (Å²) in [5, 5.41) is 2.81. The summed E-state index contributed by atoms with van der Waals surface area (Å²) in [7, 11) is 0. The van der Waals surface area contributed by atoms with Crippen molar-refractivity contribution in [3.63, 3.8) is 0 Å². The lowest BCUT2D eigenvalue weighted by Gasteiger charge is -2.29. The van der Waals surface area contributed by atoms with E-state index in [9.17, 15) is 13.6 Å². The zero-order chi connectivity index (χ0) is 19.2. The molecule has 2 aromatic carbocycles. The van der Waals surface area contributed by atoms with Crippen molar-refractivity contribution in [2.75, 3.05) is 31.2 Å². The molecule has 2 aromatic rings. The number of ether oxygens (including phenoxy) is 1. The lowest BCUT2D eigenvalue weighted by Crippen LogP contribution is -2.36. The highest BCUT2D eigenvalue weighted by atomic mass is 19.1. The minimum atomic E-state index is -0.370. The Balaban J connectivity index is 1.67. The number of halogens is 2. The molecular weight excluding hydrogens is 350 g/mol. The Bertz CT molecular complexity index is 833. The first-order valence-electron chi connectivity index (χ1n) is 8.88. The van der Waals surface area contributed by atoms with Crippen molar-refractivity contribution in [1.29, 1.82) is 0 Å². The molecule has 0 radical (unpaired) electrons. The Morgan fingerprint density at radius 3 is 2.67 bits per heavy atom. The molecule has 1 N–H and O–H groups in total. The molecule has 1 heterocycles. The van der Waals surface area contributed by atoms with Gasteiger partial charge in [-0.15, -0.1) is 0 Å². The molecule has 27 heavy (non-hydrogen) atoms. The lowest BCUT2D eigenvalue weighted by molar-refractivity contribution is -0.117. The third-order valence-electron chi connectivity index (χ3n) is 4.42. The van der Waals surface area contributed by atoms with E-state index in [0.717, 1.165) is 5.69 Å². The van der Waals surface area contributed by atoms with Crippen LogP contribution in [0.1, 0.15) is 24.1 Å². The maximum absolute atomic E-state index is 14.1. The van der Waals surface area contributed by atoms with E-state index in [2.05, 4.69) is 10.2 Å². The van der Waals surface area contributed by atoms with Gasteiger partial charge >= 0.3 is 0 Å². The van der Waals surface area contributed by atoms with Crippen molar-refractivity contribution < 1.29 is 18.3 Å². The molecule has 1 unspecified atom stereocenters. The molecule has 1 atom stereocenters. The molecular formula is C21H22F2N2O2. The number of nitrogens with zero attached hydrogens (tertiary/aromatic N) is 1. The second-order valence-corrected chi connectivity index (χ2v) is 6.46. The van der Waals surface area contributed by atoms with Crippen LogP contribution in [0.25, 0.3) is 6.08 Å². The van der Waals surface area contributed by atoms with Crippen LogP contribution >= 0.6 is 0 Å². The van der Waals surface area contributed by atoms with Gasteiger partial charge in [-0.2, -0.15) is 0 Å². The molecule has 1 saturated heterocycles. The van der Waals surface area contributed by atoms with Gasteiger partial charge in [0.25, 0.3) is 0 Å². The monoisotopic (exact) mass is 372 g/mol. The average molecular weight is 372 g/mol. The number of morpholine rings is 1. The minimum Gasteiger partial charge on any atom is -0.378 e. The van der Waals surface area contributed by atoms with Crippen LogP contribution in [0.4, 0.5) is 14.5 Å². The standard InChI is InChI=1S/C21H22F2N2O2/c1-15(24-21(26)6-5-16-3-2-4-18(22)11-16)17-12-19(23)14-20(13-17)25-7-9-27-10-8-25/h2-6,11-15H,7-10H2,1H3,(H,24,26). The van der Waals surface area contributed by atoms with Crippen LogP contribution in [-0.4, -0.2) is 32.2 Å². The van der Waals surface area contributed by atoms with Crippen LogP contribution in [-0.2, 0) is 9.53 Å². The van der Waals surface area contributed by atoms with Gasteiger partial charge in [0, 0.05) is 24.9 Å². The minimum absolute atomic E-state index is 0.330. The highest BCUT2D eigenvalue weighted by Gasteiger charge is 2.15. The summed E-state index contributed by atoms with van der Waals surface area (Å²) < 4.78 is 32.6. The van der Waals surface area contributed by atoms with Crippen molar-refractivity contribution >= 4 is 17.7 Å². The lowest BCUT2D eigenvalue weighted by atomic mass is 10.1. The maximum Gasteiger partial charge on any atom is 0.244 e. The van der Waals surface area contributed by atoms with E-state index in [-0.39, 0.29) is 23.6 Å². The molecule has 0 saturated carbocycles. The van der Waals surface area contributed by atoms with Crippen molar-refractivity contribution in [3.05, 3.63) is 71.3 Å². The fraction of sp³-hybridized carbons (Fsp3) is 0.286. The summed E-state index contributed by atoms with van der Waals surface area (Å²) in [6.45, 7) is 4.44. The van der Waals surface area contributed by atoms with Crippen LogP contribution < -0.4 is 10.2 Å². The van der Waals surface area contributed by atoms with E-state index >= 15 is 0 Å². The van der Waals surface area contributed by atoms with E-state index in [1.165, 1.54) is 36.4 Å². The molecule has 0 bridgehead atoms. The maximum atomic E-state index is 14.1. The van der Waals surface area contributed by atoms with Gasteiger partial charge in [-0.1, -0.05) is 12.1 Å². The van der Waals surface area contributed by atoms with Gasteiger partial charge < -0.3 is 15.0 Å². The zero-order valence-corrected chi connectivity index (χ0v) is 15.1. The molecule has 1 aliphatic heterocycles. The molecule has 4 nitrogen and oxygen atoms in total. The van der Waals surface area contributed by atoms with E-state index < -0.39 is 0 Å². The number of carbonyl (C=O) groups is 1. The summed E-state index contributed by atoms with van der Waals surface area (Å²) >= 11 is 0. The van der Waals surface area contributed by atoms with Gasteiger partial charge in [0.1, 0.15) is 11.6 Å². The highest BCUT2D eigenvalue weighted by Crippen LogP contribution is 2.23. The summed E-state index contributed by atoms with van der Waals surface area (Å²) in [6.07, 6.45) is 2.88. The third kappa shape index (κ3) is 5.37. The predicted molar refractivity (Wildman–Crippen MR) is 101 cm³/mol. The van der Waals surface area contributed by atoms with Gasteiger partial charge in [0.05, 0.1) is 19.3 Å². The van der Waals surface area contributed by atoms with E-state index in [1.54, 1.807) is 19.1 Å². The average Bonchev–Trinajstić information content (AvgIpc) is 2.66. The highest BCUT2D eigenvalue weighted by molar-refractivity contribution is 5.92. The van der Waals surface area contributed by atoms with E-state index in [1.807, 2.05) is 6.07 Å². The van der Waals surface area contributed by atoms with Crippen LogP contribution in [0, 0.1) is 11.6 Å². The molecule has 1 aliphatic rings. The summed E-state index contributed by atoms with van der Waals surface area (Å²) in [4.78, 5) is 14.2. The SMILES string of the molecule is CC(NC(=O)C=Cc1cccc(F)c1)c1cc(F)cc(N2CCOCC2)c1. The normalized spacial score (nSPS) is 15.7. The molecule has 1 fully saturated rings. The first-order chi connectivity index (χ1) is 13.0. The van der Waals surface area contributed by atoms with Crippen molar-refractivity contribution in [2.24, 2.45) is 0 Å². The second-order valence-electron chi connectivity index (χ2n) is 6.46. The Labute approximate surface area is 157 Å². The molecule has 3 rings (SSSR count). The molecule has 0 aromatic heterocycles. The summed E-state index contributed by atoms with van der Waals surface area (Å²) in [5.74, 6) is -1.03. The molecule has 142 valence electrons. The third-order valence-corrected chi connectivity index (χ3v) is 4.42. The van der Waals surface area contributed by atoms with Crippen LogP contribution in [0.15, 0.2) is 48.5 Å². The predicted octanol–water partition coefficient (Wildman–Crippen LogP) is 3.69. The number of carbonyl (C=O) groups excluding carboxylic acids is 1.